The summed E-state index contributed by atoms with van der Waals surface area (Å²) >= 11 is 3.62. The summed E-state index contributed by atoms with van der Waals surface area (Å²) in [5, 5.41) is 3.39. The van der Waals surface area contributed by atoms with E-state index in [0.717, 1.165) is 41.9 Å². The van der Waals surface area contributed by atoms with E-state index < -0.39 is 0 Å². The Morgan fingerprint density at radius 1 is 1.20 bits per heavy atom. The minimum absolute atomic E-state index is 0.342. The molecule has 0 saturated carbocycles. The molecule has 2 heterocycles. The van der Waals surface area contributed by atoms with Gasteiger partial charge in [-0.1, -0.05) is 0 Å². The fourth-order valence-electron chi connectivity index (χ4n) is 2.15. The fraction of sp³-hybridized carbons (Fsp3) is 0.455. The standard InChI is InChI=1S/C11H12BrNO2/c12-10-8-2-4-13-3-1-7(8)5-9-11(10)15-6-14-9/h5,13H,1-4,6H2. The van der Waals surface area contributed by atoms with Gasteiger partial charge in [-0.05, 0) is 59.1 Å². The number of nitrogens with one attached hydrogen (secondary N) is 1. The highest BCUT2D eigenvalue weighted by Gasteiger charge is 2.23. The van der Waals surface area contributed by atoms with Crippen LogP contribution >= 0.6 is 15.9 Å². The average molecular weight is 270 g/mol. The first-order valence-corrected chi connectivity index (χ1v) is 5.96. The second kappa shape index (κ2) is 3.68. The number of benzene rings is 1. The second-order valence-corrected chi connectivity index (χ2v) is 4.61. The van der Waals surface area contributed by atoms with E-state index in [1.165, 1.54) is 11.1 Å². The van der Waals surface area contributed by atoms with Gasteiger partial charge in [0.05, 0.1) is 4.47 Å². The topological polar surface area (TPSA) is 30.5 Å². The van der Waals surface area contributed by atoms with Gasteiger partial charge in [-0.25, -0.2) is 0 Å². The van der Waals surface area contributed by atoms with Crippen molar-refractivity contribution in [3.8, 4) is 11.5 Å². The van der Waals surface area contributed by atoms with E-state index in [2.05, 4.69) is 27.3 Å². The van der Waals surface area contributed by atoms with Gasteiger partial charge in [-0.2, -0.15) is 0 Å². The Bertz CT molecular complexity index is 406. The zero-order chi connectivity index (χ0) is 10.3. The normalized spacial score (nSPS) is 18.5. The molecule has 2 aliphatic rings. The van der Waals surface area contributed by atoms with Crippen LogP contribution in [0.3, 0.4) is 0 Å². The predicted molar refractivity (Wildman–Crippen MR) is 60.5 cm³/mol. The number of fused-ring (bicyclic) bond motifs is 2. The highest BCUT2D eigenvalue weighted by Crippen LogP contribution is 2.43. The van der Waals surface area contributed by atoms with Crippen LogP contribution in [-0.4, -0.2) is 19.9 Å². The summed E-state index contributed by atoms with van der Waals surface area (Å²) in [5.41, 5.74) is 2.74. The molecule has 0 unspecified atom stereocenters. The van der Waals surface area contributed by atoms with Gasteiger partial charge in [0, 0.05) is 0 Å². The molecular formula is C11H12BrNO2. The third-order valence-electron chi connectivity index (χ3n) is 2.92. The van der Waals surface area contributed by atoms with Crippen LogP contribution in [0.4, 0.5) is 0 Å². The first-order valence-electron chi connectivity index (χ1n) is 5.17. The molecule has 0 aromatic heterocycles. The molecule has 0 spiro atoms. The lowest BCUT2D eigenvalue weighted by Crippen LogP contribution is -2.16. The second-order valence-electron chi connectivity index (χ2n) is 3.81. The monoisotopic (exact) mass is 269 g/mol. The quantitative estimate of drug-likeness (QED) is 0.780. The summed E-state index contributed by atoms with van der Waals surface area (Å²) in [6.45, 7) is 2.42. The molecule has 0 atom stereocenters. The third-order valence-corrected chi connectivity index (χ3v) is 3.76. The summed E-state index contributed by atoms with van der Waals surface area (Å²) in [5.74, 6) is 1.75. The number of hydrogen-bond donors (Lipinski definition) is 1. The molecule has 0 radical (unpaired) electrons. The molecule has 1 aromatic rings. The predicted octanol–water partition coefficient (Wildman–Crippen LogP) is 1.87. The number of halogens is 1. The van der Waals surface area contributed by atoms with E-state index in [1.807, 2.05) is 0 Å². The Hall–Kier alpha value is -0.740. The largest absolute Gasteiger partial charge is 0.454 e. The summed E-state index contributed by atoms with van der Waals surface area (Å²) in [6, 6.07) is 2.12. The molecule has 0 bridgehead atoms. The van der Waals surface area contributed by atoms with E-state index in [1.54, 1.807) is 0 Å². The van der Waals surface area contributed by atoms with Crippen molar-refractivity contribution in [1.82, 2.24) is 5.32 Å². The number of rotatable bonds is 0. The Morgan fingerprint density at radius 2 is 2.07 bits per heavy atom. The van der Waals surface area contributed by atoms with Gasteiger partial charge in [0.2, 0.25) is 6.79 Å². The van der Waals surface area contributed by atoms with Gasteiger partial charge in [0.15, 0.2) is 11.5 Å². The van der Waals surface area contributed by atoms with Gasteiger partial charge < -0.3 is 14.8 Å². The lowest BCUT2D eigenvalue weighted by molar-refractivity contribution is 0.173. The van der Waals surface area contributed by atoms with Crippen molar-refractivity contribution < 1.29 is 9.47 Å². The van der Waals surface area contributed by atoms with E-state index in [0.29, 0.717) is 6.79 Å². The van der Waals surface area contributed by atoms with Gasteiger partial charge in [-0.3, -0.25) is 0 Å². The van der Waals surface area contributed by atoms with Crippen molar-refractivity contribution in [2.75, 3.05) is 19.9 Å². The van der Waals surface area contributed by atoms with Gasteiger partial charge in [0.25, 0.3) is 0 Å². The fourth-order valence-corrected chi connectivity index (χ4v) is 2.91. The smallest absolute Gasteiger partial charge is 0.231 e. The Morgan fingerprint density at radius 3 is 3.00 bits per heavy atom. The summed E-state index contributed by atoms with van der Waals surface area (Å²) < 4.78 is 11.9. The molecule has 3 nitrogen and oxygen atoms in total. The van der Waals surface area contributed by atoms with E-state index in [4.69, 9.17) is 9.47 Å². The molecule has 80 valence electrons. The molecular weight excluding hydrogens is 258 g/mol. The third kappa shape index (κ3) is 1.52. The van der Waals surface area contributed by atoms with Crippen molar-refractivity contribution in [3.05, 3.63) is 21.7 Å². The van der Waals surface area contributed by atoms with E-state index >= 15 is 0 Å². The molecule has 0 amide bonds. The molecule has 0 aliphatic carbocycles. The molecule has 3 rings (SSSR count). The van der Waals surface area contributed by atoms with Gasteiger partial charge in [0.1, 0.15) is 0 Å². The zero-order valence-electron chi connectivity index (χ0n) is 8.31. The van der Waals surface area contributed by atoms with Crippen molar-refractivity contribution in [1.29, 1.82) is 0 Å². The van der Waals surface area contributed by atoms with Crippen molar-refractivity contribution in [2.45, 2.75) is 12.8 Å². The van der Waals surface area contributed by atoms with Crippen molar-refractivity contribution in [3.63, 3.8) is 0 Å². The Balaban J connectivity index is 2.15. The van der Waals surface area contributed by atoms with Crippen LogP contribution in [0.1, 0.15) is 11.1 Å². The lowest BCUT2D eigenvalue weighted by atomic mass is 10.0. The SMILES string of the molecule is Brc1c2c(cc3c1OCO3)CCNCC2. The molecule has 15 heavy (non-hydrogen) atoms. The first-order chi connectivity index (χ1) is 7.36. The highest BCUT2D eigenvalue weighted by molar-refractivity contribution is 9.10. The maximum absolute atomic E-state index is 5.45. The summed E-state index contributed by atoms with van der Waals surface area (Å²) in [6.07, 6.45) is 2.11. The number of hydrogen-bond acceptors (Lipinski definition) is 3. The van der Waals surface area contributed by atoms with Crippen LogP contribution in [0.2, 0.25) is 0 Å². The van der Waals surface area contributed by atoms with Crippen molar-refractivity contribution in [2.24, 2.45) is 0 Å². The van der Waals surface area contributed by atoms with Crippen molar-refractivity contribution >= 4 is 15.9 Å². The minimum Gasteiger partial charge on any atom is -0.454 e. The summed E-state index contributed by atoms with van der Waals surface area (Å²) in [4.78, 5) is 0. The van der Waals surface area contributed by atoms with Gasteiger partial charge >= 0.3 is 0 Å². The van der Waals surface area contributed by atoms with Crippen LogP contribution in [-0.2, 0) is 12.8 Å². The van der Waals surface area contributed by atoms with E-state index in [9.17, 15) is 0 Å². The number of ether oxygens (including phenoxy) is 2. The molecule has 1 aromatic carbocycles. The lowest BCUT2D eigenvalue weighted by Gasteiger charge is -2.10. The highest BCUT2D eigenvalue weighted by atomic mass is 79.9. The van der Waals surface area contributed by atoms with Crippen LogP contribution in [0.15, 0.2) is 10.5 Å². The average Bonchev–Trinajstić information content (AvgIpc) is 2.56. The molecule has 4 heteroatoms. The van der Waals surface area contributed by atoms with Crippen LogP contribution < -0.4 is 14.8 Å². The molecule has 0 saturated heterocycles. The summed E-state index contributed by atoms with van der Waals surface area (Å²) in [7, 11) is 0. The molecule has 1 N–H and O–H groups in total. The Kier molecular flexibility index (Phi) is 2.33. The van der Waals surface area contributed by atoms with Crippen LogP contribution in [0.25, 0.3) is 0 Å². The minimum atomic E-state index is 0.342. The van der Waals surface area contributed by atoms with E-state index in [-0.39, 0.29) is 0 Å². The maximum Gasteiger partial charge on any atom is 0.231 e. The van der Waals surface area contributed by atoms with Crippen LogP contribution in [0, 0.1) is 0 Å². The van der Waals surface area contributed by atoms with Crippen LogP contribution in [0.5, 0.6) is 11.5 Å². The van der Waals surface area contributed by atoms with Gasteiger partial charge in [-0.15, -0.1) is 0 Å². The Labute approximate surface area is 96.9 Å². The maximum atomic E-state index is 5.45. The first kappa shape index (κ1) is 9.48. The molecule has 0 fully saturated rings. The zero-order valence-corrected chi connectivity index (χ0v) is 9.89. The molecule has 2 aliphatic heterocycles.